The zero-order valence-electron chi connectivity index (χ0n) is 17.0. The molecule has 0 aliphatic carbocycles. The highest BCUT2D eigenvalue weighted by Crippen LogP contribution is 2.12. The van der Waals surface area contributed by atoms with E-state index in [9.17, 15) is 14.4 Å². The lowest BCUT2D eigenvalue weighted by atomic mass is 10.1. The molecule has 0 aromatic heterocycles. The molecule has 158 valence electrons. The number of hydrogen-bond acceptors (Lipinski definition) is 6. The van der Waals surface area contributed by atoms with Crippen molar-refractivity contribution in [2.75, 3.05) is 20.3 Å². The minimum absolute atomic E-state index is 0.216. The Hall–Kier alpha value is -3.68. The molecule has 30 heavy (non-hydrogen) atoms. The first-order valence-corrected chi connectivity index (χ1v) is 9.54. The summed E-state index contributed by atoms with van der Waals surface area (Å²) >= 11 is 0. The van der Waals surface area contributed by atoms with Gasteiger partial charge in [0.15, 0.2) is 0 Å². The fourth-order valence-corrected chi connectivity index (χ4v) is 2.34. The van der Waals surface area contributed by atoms with E-state index in [2.05, 4.69) is 27.5 Å². The SMILES string of the molecule is CCCCOc1ccc(C(=O)NCC(=O)N/N=C\c2ccc(C(=O)OC)cc2)cc1. The van der Waals surface area contributed by atoms with E-state index >= 15 is 0 Å². The van der Waals surface area contributed by atoms with Crippen LogP contribution in [0.1, 0.15) is 46.0 Å². The molecule has 0 bridgehead atoms. The van der Waals surface area contributed by atoms with Gasteiger partial charge < -0.3 is 14.8 Å². The van der Waals surface area contributed by atoms with Gasteiger partial charge in [-0.25, -0.2) is 10.2 Å². The number of nitrogens with zero attached hydrogens (tertiary/aromatic N) is 1. The highest BCUT2D eigenvalue weighted by atomic mass is 16.5. The van der Waals surface area contributed by atoms with E-state index in [1.165, 1.54) is 13.3 Å². The van der Waals surface area contributed by atoms with Crippen molar-refractivity contribution in [1.82, 2.24) is 10.7 Å². The Morgan fingerprint density at radius 2 is 1.67 bits per heavy atom. The molecule has 2 rings (SSSR count). The van der Waals surface area contributed by atoms with E-state index in [1.54, 1.807) is 48.5 Å². The van der Waals surface area contributed by atoms with Crippen LogP contribution in [0.15, 0.2) is 53.6 Å². The zero-order valence-corrected chi connectivity index (χ0v) is 17.0. The predicted octanol–water partition coefficient (Wildman–Crippen LogP) is 2.53. The molecule has 0 atom stereocenters. The molecule has 0 aliphatic rings. The van der Waals surface area contributed by atoms with Crippen molar-refractivity contribution in [2.24, 2.45) is 5.10 Å². The third-order valence-corrected chi connectivity index (χ3v) is 4.03. The van der Waals surface area contributed by atoms with Gasteiger partial charge in [-0.3, -0.25) is 9.59 Å². The number of methoxy groups -OCH3 is 1. The molecular weight excluding hydrogens is 386 g/mol. The monoisotopic (exact) mass is 411 g/mol. The quantitative estimate of drug-likeness (QED) is 0.270. The van der Waals surface area contributed by atoms with Crippen molar-refractivity contribution in [3.05, 3.63) is 65.2 Å². The standard InChI is InChI=1S/C22H25N3O5/c1-3-4-13-30-19-11-9-17(10-12-19)21(27)23-15-20(26)25-24-14-16-5-7-18(8-6-16)22(28)29-2/h5-12,14H,3-4,13,15H2,1-2H3,(H,23,27)(H,25,26)/b24-14-. The van der Waals surface area contributed by atoms with E-state index in [0.717, 1.165) is 12.8 Å². The number of carbonyl (C=O) groups is 3. The van der Waals surface area contributed by atoms with Crippen molar-refractivity contribution in [1.29, 1.82) is 0 Å². The highest BCUT2D eigenvalue weighted by molar-refractivity contribution is 5.96. The van der Waals surface area contributed by atoms with Gasteiger partial charge in [0.05, 0.1) is 32.0 Å². The molecule has 0 unspecified atom stereocenters. The van der Waals surface area contributed by atoms with E-state index < -0.39 is 11.9 Å². The Balaban J connectivity index is 1.75. The van der Waals surface area contributed by atoms with Crippen LogP contribution >= 0.6 is 0 Å². The molecule has 8 nitrogen and oxygen atoms in total. The van der Waals surface area contributed by atoms with Gasteiger partial charge >= 0.3 is 5.97 Å². The summed E-state index contributed by atoms with van der Waals surface area (Å²) < 4.78 is 10.2. The summed E-state index contributed by atoms with van der Waals surface area (Å²) in [5.41, 5.74) is 3.87. The van der Waals surface area contributed by atoms with Crippen molar-refractivity contribution >= 4 is 24.0 Å². The van der Waals surface area contributed by atoms with Gasteiger partial charge in [-0.2, -0.15) is 5.10 Å². The third-order valence-electron chi connectivity index (χ3n) is 4.03. The van der Waals surface area contributed by atoms with Crippen LogP contribution < -0.4 is 15.5 Å². The second kappa shape index (κ2) is 12.0. The zero-order chi connectivity index (χ0) is 21.8. The Bertz CT molecular complexity index is 877. The fourth-order valence-electron chi connectivity index (χ4n) is 2.34. The van der Waals surface area contributed by atoms with E-state index in [1.807, 2.05) is 0 Å². The first kappa shape index (κ1) is 22.6. The average molecular weight is 411 g/mol. The van der Waals surface area contributed by atoms with Crippen LogP contribution in [0.5, 0.6) is 5.75 Å². The van der Waals surface area contributed by atoms with Crippen molar-refractivity contribution < 1.29 is 23.9 Å². The predicted molar refractivity (Wildman–Crippen MR) is 113 cm³/mol. The Morgan fingerprint density at radius 1 is 1.00 bits per heavy atom. The number of nitrogens with one attached hydrogen (secondary N) is 2. The molecule has 0 fully saturated rings. The van der Waals surface area contributed by atoms with Crippen LogP contribution in [0.25, 0.3) is 0 Å². The number of amides is 2. The largest absolute Gasteiger partial charge is 0.494 e. The van der Waals surface area contributed by atoms with Crippen molar-refractivity contribution in [3.8, 4) is 5.75 Å². The smallest absolute Gasteiger partial charge is 0.337 e. The van der Waals surface area contributed by atoms with Gasteiger partial charge in [0, 0.05) is 5.56 Å². The topological polar surface area (TPSA) is 106 Å². The molecule has 0 spiro atoms. The molecular formula is C22H25N3O5. The number of ether oxygens (including phenoxy) is 2. The lowest BCUT2D eigenvalue weighted by Crippen LogP contribution is -2.34. The summed E-state index contributed by atoms with van der Waals surface area (Å²) in [4.78, 5) is 35.3. The number of benzene rings is 2. The number of unbranched alkanes of at least 4 members (excludes halogenated alkanes) is 1. The van der Waals surface area contributed by atoms with E-state index in [0.29, 0.717) is 29.0 Å². The molecule has 0 saturated carbocycles. The maximum Gasteiger partial charge on any atom is 0.337 e. The third kappa shape index (κ3) is 7.38. The maximum absolute atomic E-state index is 12.1. The molecule has 8 heteroatoms. The van der Waals surface area contributed by atoms with Gasteiger partial charge in [0.2, 0.25) is 0 Å². The normalized spacial score (nSPS) is 10.5. The molecule has 0 saturated heterocycles. The number of esters is 1. The summed E-state index contributed by atoms with van der Waals surface area (Å²) in [6, 6.07) is 13.2. The Kier molecular flexibility index (Phi) is 9.05. The molecule has 2 amide bonds. The van der Waals surface area contributed by atoms with Gasteiger partial charge in [0.25, 0.3) is 11.8 Å². The molecule has 2 aromatic rings. The first-order chi connectivity index (χ1) is 14.5. The van der Waals surface area contributed by atoms with E-state index in [4.69, 9.17) is 4.74 Å². The summed E-state index contributed by atoms with van der Waals surface area (Å²) in [7, 11) is 1.31. The van der Waals surface area contributed by atoms with Crippen LogP contribution in [0.2, 0.25) is 0 Å². The minimum Gasteiger partial charge on any atom is -0.494 e. The van der Waals surface area contributed by atoms with Crippen LogP contribution in [0, 0.1) is 0 Å². The van der Waals surface area contributed by atoms with Gasteiger partial charge in [-0.1, -0.05) is 25.5 Å². The molecule has 0 heterocycles. The molecule has 2 aromatic carbocycles. The number of hydrazone groups is 1. The summed E-state index contributed by atoms with van der Waals surface area (Å²) in [5.74, 6) is -0.564. The Morgan fingerprint density at radius 3 is 2.30 bits per heavy atom. The number of rotatable bonds is 10. The van der Waals surface area contributed by atoms with Crippen LogP contribution in [0.4, 0.5) is 0 Å². The average Bonchev–Trinajstić information content (AvgIpc) is 2.78. The molecule has 2 N–H and O–H groups in total. The second-order valence-corrected chi connectivity index (χ2v) is 6.32. The minimum atomic E-state index is -0.467. The van der Waals surface area contributed by atoms with Gasteiger partial charge in [-0.05, 0) is 48.4 Å². The molecule has 0 radical (unpaired) electrons. The fraction of sp³-hybridized carbons (Fsp3) is 0.273. The van der Waals surface area contributed by atoms with E-state index in [-0.39, 0.29) is 12.5 Å². The number of hydrogen-bond donors (Lipinski definition) is 2. The van der Waals surface area contributed by atoms with Crippen molar-refractivity contribution in [2.45, 2.75) is 19.8 Å². The summed E-state index contributed by atoms with van der Waals surface area (Å²) in [5, 5.41) is 6.35. The van der Waals surface area contributed by atoms with Crippen LogP contribution in [-0.2, 0) is 9.53 Å². The van der Waals surface area contributed by atoms with Gasteiger partial charge in [-0.15, -0.1) is 0 Å². The number of carbonyl (C=O) groups excluding carboxylic acids is 3. The summed E-state index contributed by atoms with van der Waals surface area (Å²) in [6.07, 6.45) is 3.45. The second-order valence-electron chi connectivity index (χ2n) is 6.32. The maximum atomic E-state index is 12.1. The Labute approximate surface area is 175 Å². The van der Waals surface area contributed by atoms with Crippen LogP contribution in [-0.4, -0.2) is 44.3 Å². The van der Waals surface area contributed by atoms with Gasteiger partial charge in [0.1, 0.15) is 5.75 Å². The first-order valence-electron chi connectivity index (χ1n) is 9.54. The van der Waals surface area contributed by atoms with Crippen molar-refractivity contribution in [3.63, 3.8) is 0 Å². The lowest BCUT2D eigenvalue weighted by Gasteiger charge is -2.07. The summed E-state index contributed by atoms with van der Waals surface area (Å²) in [6.45, 7) is 2.51. The lowest BCUT2D eigenvalue weighted by molar-refractivity contribution is -0.120. The molecule has 0 aliphatic heterocycles. The highest BCUT2D eigenvalue weighted by Gasteiger charge is 2.08. The van der Waals surface area contributed by atoms with Crippen LogP contribution in [0.3, 0.4) is 0 Å².